The summed E-state index contributed by atoms with van der Waals surface area (Å²) in [5.41, 5.74) is -1.51. The largest absolute Gasteiger partial charge is 0.481 e. The first-order valence-corrected chi connectivity index (χ1v) is 5.26. The molecule has 82 valence electrons. The highest BCUT2D eigenvalue weighted by Crippen LogP contribution is 2.48. The molecule has 0 heterocycles. The minimum Gasteiger partial charge on any atom is -0.481 e. The molecule has 0 bridgehead atoms. The van der Waals surface area contributed by atoms with Gasteiger partial charge in [-0.25, -0.2) is 0 Å². The highest BCUT2D eigenvalue weighted by atomic mass is 16.4. The summed E-state index contributed by atoms with van der Waals surface area (Å²) in [7, 11) is 0. The molecular formula is C11H20O3. The van der Waals surface area contributed by atoms with Crippen molar-refractivity contribution < 1.29 is 15.0 Å². The number of aliphatic carboxylic acids is 1. The van der Waals surface area contributed by atoms with Crippen LogP contribution in [0.3, 0.4) is 0 Å². The van der Waals surface area contributed by atoms with Gasteiger partial charge in [-0.05, 0) is 32.1 Å². The lowest BCUT2D eigenvalue weighted by atomic mass is 9.62. The van der Waals surface area contributed by atoms with Crippen molar-refractivity contribution in [1.82, 2.24) is 0 Å². The van der Waals surface area contributed by atoms with E-state index in [0.717, 1.165) is 6.42 Å². The van der Waals surface area contributed by atoms with Crippen molar-refractivity contribution in [2.75, 3.05) is 0 Å². The van der Waals surface area contributed by atoms with E-state index in [1.165, 1.54) is 0 Å². The van der Waals surface area contributed by atoms with Crippen LogP contribution in [-0.2, 0) is 4.79 Å². The first-order valence-electron chi connectivity index (χ1n) is 5.26. The topological polar surface area (TPSA) is 57.5 Å². The van der Waals surface area contributed by atoms with Crippen molar-refractivity contribution in [1.29, 1.82) is 0 Å². The van der Waals surface area contributed by atoms with Crippen LogP contribution in [0.5, 0.6) is 0 Å². The molecule has 3 heteroatoms. The third-order valence-corrected chi connectivity index (χ3v) is 3.70. The van der Waals surface area contributed by atoms with Gasteiger partial charge in [0.1, 0.15) is 0 Å². The second-order valence-electron chi connectivity index (χ2n) is 5.13. The molecule has 1 atom stereocenters. The Morgan fingerprint density at radius 1 is 1.50 bits per heavy atom. The van der Waals surface area contributed by atoms with Gasteiger partial charge in [0.25, 0.3) is 0 Å². The molecule has 1 aliphatic rings. The Hall–Kier alpha value is -0.570. The van der Waals surface area contributed by atoms with Crippen LogP contribution in [0.1, 0.15) is 46.5 Å². The van der Waals surface area contributed by atoms with E-state index in [-0.39, 0.29) is 5.92 Å². The summed E-state index contributed by atoms with van der Waals surface area (Å²) in [5, 5.41) is 19.2. The molecule has 0 aromatic heterocycles. The van der Waals surface area contributed by atoms with E-state index in [2.05, 4.69) is 0 Å². The zero-order valence-electron chi connectivity index (χ0n) is 9.21. The van der Waals surface area contributed by atoms with Gasteiger partial charge in [0, 0.05) is 0 Å². The third-order valence-electron chi connectivity index (χ3n) is 3.70. The predicted molar refractivity (Wildman–Crippen MR) is 54.0 cm³/mol. The molecule has 1 fully saturated rings. The molecule has 14 heavy (non-hydrogen) atoms. The molecular weight excluding hydrogens is 180 g/mol. The molecule has 1 unspecified atom stereocenters. The average molecular weight is 200 g/mol. The summed E-state index contributed by atoms with van der Waals surface area (Å²) in [5.74, 6) is -0.649. The van der Waals surface area contributed by atoms with Crippen molar-refractivity contribution in [3.63, 3.8) is 0 Å². The summed E-state index contributed by atoms with van der Waals surface area (Å²) < 4.78 is 0. The van der Waals surface area contributed by atoms with Crippen LogP contribution in [-0.4, -0.2) is 21.8 Å². The van der Waals surface area contributed by atoms with Crippen molar-refractivity contribution in [2.45, 2.75) is 52.1 Å². The van der Waals surface area contributed by atoms with Crippen LogP contribution >= 0.6 is 0 Å². The Labute approximate surface area is 85.1 Å². The molecule has 0 radical (unpaired) electrons. The fourth-order valence-corrected chi connectivity index (χ4v) is 1.96. The number of carboxylic acids is 1. The molecule has 0 amide bonds. The first kappa shape index (κ1) is 11.5. The summed E-state index contributed by atoms with van der Waals surface area (Å²) in [6.45, 7) is 5.59. The molecule has 0 saturated heterocycles. The van der Waals surface area contributed by atoms with Crippen molar-refractivity contribution >= 4 is 5.97 Å². The molecule has 1 rings (SSSR count). The standard InChI is InChI=1S/C11H20O3/c1-8(2)10(3,14)7-11(9(12)13)5-4-6-11/h8,14H,4-7H2,1-3H3,(H,12,13). The van der Waals surface area contributed by atoms with E-state index in [0.29, 0.717) is 19.3 Å². The lowest BCUT2D eigenvalue weighted by Gasteiger charge is -2.43. The maximum atomic E-state index is 11.1. The lowest BCUT2D eigenvalue weighted by molar-refractivity contribution is -0.162. The van der Waals surface area contributed by atoms with Crippen LogP contribution in [0, 0.1) is 11.3 Å². The molecule has 0 aromatic carbocycles. The third kappa shape index (κ3) is 1.92. The van der Waals surface area contributed by atoms with Crippen LogP contribution in [0.4, 0.5) is 0 Å². The van der Waals surface area contributed by atoms with Crippen LogP contribution in [0.25, 0.3) is 0 Å². The fourth-order valence-electron chi connectivity index (χ4n) is 1.96. The van der Waals surface area contributed by atoms with Gasteiger partial charge in [0.15, 0.2) is 0 Å². The first-order chi connectivity index (χ1) is 6.30. The highest BCUT2D eigenvalue weighted by molar-refractivity contribution is 5.75. The number of rotatable bonds is 4. The van der Waals surface area contributed by atoms with Crippen LogP contribution in [0.15, 0.2) is 0 Å². The minimum absolute atomic E-state index is 0.0966. The normalized spacial score (nSPS) is 24.1. The number of aliphatic hydroxyl groups is 1. The van der Waals surface area contributed by atoms with E-state index < -0.39 is 17.0 Å². The van der Waals surface area contributed by atoms with Gasteiger partial charge >= 0.3 is 5.97 Å². The molecule has 0 spiro atoms. The van der Waals surface area contributed by atoms with Crippen LogP contribution < -0.4 is 0 Å². The smallest absolute Gasteiger partial charge is 0.309 e. The molecule has 2 N–H and O–H groups in total. The Bertz CT molecular complexity index is 227. The number of carbonyl (C=O) groups is 1. The van der Waals surface area contributed by atoms with Gasteiger partial charge < -0.3 is 10.2 Å². The maximum Gasteiger partial charge on any atom is 0.309 e. The van der Waals surface area contributed by atoms with Gasteiger partial charge in [-0.15, -0.1) is 0 Å². The Morgan fingerprint density at radius 3 is 2.21 bits per heavy atom. The molecule has 1 saturated carbocycles. The number of carboxylic acid groups (broad SMARTS) is 1. The van der Waals surface area contributed by atoms with E-state index in [1.54, 1.807) is 6.92 Å². The quantitative estimate of drug-likeness (QED) is 0.730. The SMILES string of the molecule is CC(C)C(C)(O)CC1(C(=O)O)CCC1. The fraction of sp³-hybridized carbons (Fsp3) is 0.909. The van der Waals surface area contributed by atoms with Gasteiger partial charge in [-0.1, -0.05) is 20.3 Å². The minimum atomic E-state index is -0.862. The van der Waals surface area contributed by atoms with Crippen LogP contribution in [0.2, 0.25) is 0 Å². The summed E-state index contributed by atoms with van der Waals surface area (Å²) in [6.07, 6.45) is 2.78. The summed E-state index contributed by atoms with van der Waals surface area (Å²) in [4.78, 5) is 11.1. The zero-order chi connectivity index (χ0) is 11.0. The Morgan fingerprint density at radius 2 is 2.00 bits per heavy atom. The van der Waals surface area contributed by atoms with E-state index >= 15 is 0 Å². The second-order valence-corrected chi connectivity index (χ2v) is 5.13. The van der Waals surface area contributed by atoms with Crippen molar-refractivity contribution in [2.24, 2.45) is 11.3 Å². The Balaban J connectivity index is 2.70. The number of hydrogen-bond acceptors (Lipinski definition) is 2. The zero-order valence-corrected chi connectivity index (χ0v) is 9.21. The molecule has 0 aromatic rings. The van der Waals surface area contributed by atoms with E-state index in [1.807, 2.05) is 13.8 Å². The predicted octanol–water partition coefficient (Wildman–Crippen LogP) is 2.04. The van der Waals surface area contributed by atoms with Gasteiger partial charge in [-0.3, -0.25) is 4.79 Å². The van der Waals surface area contributed by atoms with Crippen molar-refractivity contribution in [3.05, 3.63) is 0 Å². The maximum absolute atomic E-state index is 11.1. The number of hydrogen-bond donors (Lipinski definition) is 2. The van der Waals surface area contributed by atoms with Gasteiger partial charge in [-0.2, -0.15) is 0 Å². The molecule has 0 aliphatic heterocycles. The summed E-state index contributed by atoms with van der Waals surface area (Å²) >= 11 is 0. The van der Waals surface area contributed by atoms with E-state index in [4.69, 9.17) is 5.11 Å². The lowest BCUT2D eigenvalue weighted by Crippen LogP contribution is -2.46. The summed E-state index contributed by atoms with van der Waals surface area (Å²) in [6, 6.07) is 0. The average Bonchev–Trinajstić information content (AvgIpc) is 1.95. The van der Waals surface area contributed by atoms with E-state index in [9.17, 15) is 9.90 Å². The molecule has 3 nitrogen and oxygen atoms in total. The monoisotopic (exact) mass is 200 g/mol. The van der Waals surface area contributed by atoms with Gasteiger partial charge in [0.2, 0.25) is 0 Å². The second kappa shape index (κ2) is 3.54. The van der Waals surface area contributed by atoms with Gasteiger partial charge in [0.05, 0.1) is 11.0 Å². The Kier molecular flexibility index (Phi) is 2.91. The van der Waals surface area contributed by atoms with Crippen molar-refractivity contribution in [3.8, 4) is 0 Å². The molecule has 1 aliphatic carbocycles. The highest BCUT2D eigenvalue weighted by Gasteiger charge is 2.49.